The number of alkyl halides is 6. The number of carboxylic acid groups (broad SMARTS) is 1. The molecule has 144 valence electrons. The Hall–Kier alpha value is -2.46. The number of carbonyl (C=O) groups is 2. The third kappa shape index (κ3) is 3.42. The molecule has 1 saturated heterocycles. The van der Waals surface area contributed by atoms with Crippen LogP contribution in [0.15, 0.2) is 30.3 Å². The van der Waals surface area contributed by atoms with Crippen LogP contribution in [0.3, 0.4) is 0 Å². The van der Waals surface area contributed by atoms with Crippen molar-refractivity contribution in [2.45, 2.75) is 19.0 Å². The van der Waals surface area contributed by atoms with Gasteiger partial charge in [0.2, 0.25) is 0 Å². The summed E-state index contributed by atoms with van der Waals surface area (Å²) in [5.41, 5.74) is -4.09. The summed E-state index contributed by atoms with van der Waals surface area (Å²) in [6.07, 6.45) is -13.3. The van der Waals surface area contributed by atoms with Crippen LogP contribution in [0.2, 0.25) is 0 Å². The molecule has 1 aromatic carbocycles. The molecule has 1 N–H and O–H groups in total. The molecule has 0 bridgehead atoms. The van der Waals surface area contributed by atoms with Crippen molar-refractivity contribution in [2.24, 2.45) is 11.3 Å². The average molecular weight is 385 g/mol. The maximum absolute atomic E-state index is 13.2. The lowest BCUT2D eigenvalue weighted by molar-refractivity contribution is -0.346. The average Bonchev–Trinajstić information content (AvgIpc) is 2.95. The van der Waals surface area contributed by atoms with Gasteiger partial charge in [-0.25, -0.2) is 4.79 Å². The van der Waals surface area contributed by atoms with E-state index < -0.39 is 48.8 Å². The van der Waals surface area contributed by atoms with E-state index in [1.54, 1.807) is 18.2 Å². The molecule has 26 heavy (non-hydrogen) atoms. The zero-order valence-electron chi connectivity index (χ0n) is 13.0. The predicted octanol–water partition coefficient (Wildman–Crippen LogP) is 3.45. The van der Waals surface area contributed by atoms with Gasteiger partial charge in [-0.15, -0.1) is 0 Å². The molecule has 0 radical (unpaired) electrons. The summed E-state index contributed by atoms with van der Waals surface area (Å²) in [6.45, 7) is -3.51. The van der Waals surface area contributed by atoms with E-state index >= 15 is 0 Å². The van der Waals surface area contributed by atoms with Crippen LogP contribution in [0.25, 0.3) is 0 Å². The van der Waals surface area contributed by atoms with E-state index in [1.807, 2.05) is 0 Å². The molecule has 2 rings (SSSR count). The first kappa shape index (κ1) is 19.9. The van der Waals surface area contributed by atoms with E-state index in [-0.39, 0.29) is 11.5 Å². The van der Waals surface area contributed by atoms with Crippen molar-refractivity contribution in [3.8, 4) is 0 Å². The van der Waals surface area contributed by atoms with Crippen molar-refractivity contribution in [3.05, 3.63) is 35.9 Å². The van der Waals surface area contributed by atoms with E-state index in [0.717, 1.165) is 0 Å². The van der Waals surface area contributed by atoms with Gasteiger partial charge in [0.15, 0.2) is 5.41 Å². The van der Waals surface area contributed by atoms with Crippen molar-refractivity contribution >= 4 is 12.1 Å². The molecule has 1 amide bonds. The Morgan fingerprint density at radius 2 is 1.65 bits per heavy atom. The molecule has 1 unspecified atom stereocenters. The summed E-state index contributed by atoms with van der Waals surface area (Å²) in [5.74, 6) is -5.18. The third-order valence-corrected chi connectivity index (χ3v) is 4.21. The third-order valence-electron chi connectivity index (χ3n) is 4.21. The first-order valence-corrected chi connectivity index (χ1v) is 7.22. The highest BCUT2D eigenvalue weighted by atomic mass is 19.4. The number of nitrogens with zero attached hydrogens (tertiary/aromatic N) is 1. The van der Waals surface area contributed by atoms with E-state index in [9.17, 15) is 35.9 Å². The fraction of sp³-hybridized carbons (Fsp3) is 0.467. The topological polar surface area (TPSA) is 66.8 Å². The Morgan fingerprint density at radius 1 is 1.12 bits per heavy atom. The Morgan fingerprint density at radius 3 is 2.08 bits per heavy atom. The van der Waals surface area contributed by atoms with Gasteiger partial charge in [-0.3, -0.25) is 4.79 Å². The molecule has 1 atom stereocenters. The maximum Gasteiger partial charge on any atom is 0.410 e. The number of ether oxygens (including phenoxy) is 1. The van der Waals surface area contributed by atoms with E-state index in [1.165, 1.54) is 12.1 Å². The smallest absolute Gasteiger partial charge is 0.410 e. The number of halogens is 6. The van der Waals surface area contributed by atoms with Crippen molar-refractivity contribution in [2.75, 3.05) is 13.1 Å². The summed E-state index contributed by atoms with van der Waals surface area (Å²) in [7, 11) is 0. The highest BCUT2D eigenvalue weighted by Crippen LogP contribution is 2.58. The molecule has 0 aliphatic carbocycles. The van der Waals surface area contributed by atoms with Crippen LogP contribution >= 0.6 is 0 Å². The predicted molar refractivity (Wildman–Crippen MR) is 73.9 cm³/mol. The number of benzene rings is 1. The highest BCUT2D eigenvalue weighted by Gasteiger charge is 2.79. The number of hydrogen-bond acceptors (Lipinski definition) is 3. The monoisotopic (exact) mass is 385 g/mol. The Kier molecular flexibility index (Phi) is 5.11. The zero-order valence-corrected chi connectivity index (χ0v) is 13.0. The lowest BCUT2D eigenvalue weighted by atomic mass is 9.76. The number of carbonyl (C=O) groups excluding carboxylic acids is 1. The molecule has 5 nitrogen and oxygen atoms in total. The summed E-state index contributed by atoms with van der Waals surface area (Å²) in [4.78, 5) is 23.1. The van der Waals surface area contributed by atoms with E-state index in [0.29, 0.717) is 5.56 Å². The van der Waals surface area contributed by atoms with Crippen molar-refractivity contribution in [1.29, 1.82) is 0 Å². The summed E-state index contributed by atoms with van der Waals surface area (Å²) < 4.78 is 84.2. The number of likely N-dealkylation sites (tertiary alicyclic amines) is 1. The van der Waals surface area contributed by atoms with Gasteiger partial charge in [0.05, 0.1) is 5.92 Å². The van der Waals surface area contributed by atoms with Gasteiger partial charge in [-0.2, -0.15) is 26.3 Å². The number of carboxylic acids is 1. The van der Waals surface area contributed by atoms with Gasteiger partial charge < -0.3 is 14.7 Å². The second-order valence-electron chi connectivity index (χ2n) is 5.78. The van der Waals surface area contributed by atoms with Crippen LogP contribution < -0.4 is 0 Å². The fourth-order valence-electron chi connectivity index (χ4n) is 2.83. The molecule has 0 saturated carbocycles. The molecule has 1 aliphatic heterocycles. The number of aliphatic carboxylic acids is 1. The highest BCUT2D eigenvalue weighted by molar-refractivity contribution is 5.76. The van der Waals surface area contributed by atoms with Crippen LogP contribution in [-0.2, 0) is 16.1 Å². The lowest BCUT2D eigenvalue weighted by Gasteiger charge is -2.36. The fourth-order valence-corrected chi connectivity index (χ4v) is 2.83. The van der Waals surface area contributed by atoms with Gasteiger partial charge in [-0.1, -0.05) is 30.3 Å². The second-order valence-corrected chi connectivity index (χ2v) is 5.78. The molecule has 1 fully saturated rings. The molecule has 1 aliphatic rings. The Labute approximate surface area is 143 Å². The zero-order chi connectivity index (χ0) is 19.8. The molecular formula is C15H13F6NO4. The number of hydrogen-bond donors (Lipinski definition) is 1. The van der Waals surface area contributed by atoms with Gasteiger partial charge in [0.1, 0.15) is 6.61 Å². The van der Waals surface area contributed by atoms with Crippen molar-refractivity contribution < 1.29 is 45.8 Å². The summed E-state index contributed by atoms with van der Waals surface area (Å²) in [6, 6.07) is 7.92. The molecular weight excluding hydrogens is 372 g/mol. The number of amides is 1. The SMILES string of the molecule is O=C(O)C1CN(C(=O)OCc2ccccc2)CC1(C(F)(F)F)C(F)(F)F. The van der Waals surface area contributed by atoms with Crippen LogP contribution in [0.5, 0.6) is 0 Å². The van der Waals surface area contributed by atoms with Gasteiger partial charge >= 0.3 is 24.4 Å². The second kappa shape index (κ2) is 6.69. The lowest BCUT2D eigenvalue weighted by Crippen LogP contribution is -2.57. The molecule has 0 aromatic heterocycles. The normalized spacial score (nSPS) is 20.1. The largest absolute Gasteiger partial charge is 0.481 e. The van der Waals surface area contributed by atoms with Crippen molar-refractivity contribution in [3.63, 3.8) is 0 Å². The van der Waals surface area contributed by atoms with Crippen LogP contribution in [0.4, 0.5) is 31.1 Å². The molecule has 11 heteroatoms. The van der Waals surface area contributed by atoms with Gasteiger partial charge in [-0.05, 0) is 5.56 Å². The van der Waals surface area contributed by atoms with E-state index in [4.69, 9.17) is 9.84 Å². The first-order chi connectivity index (χ1) is 11.9. The van der Waals surface area contributed by atoms with Crippen molar-refractivity contribution in [1.82, 2.24) is 4.90 Å². The van der Waals surface area contributed by atoms with Crippen LogP contribution in [0.1, 0.15) is 5.56 Å². The van der Waals surface area contributed by atoms with E-state index in [2.05, 4.69) is 0 Å². The summed E-state index contributed by atoms with van der Waals surface area (Å²) >= 11 is 0. The maximum atomic E-state index is 13.2. The van der Waals surface area contributed by atoms with Gasteiger partial charge in [0, 0.05) is 13.1 Å². The molecule has 0 spiro atoms. The molecule has 1 aromatic rings. The molecule has 1 heterocycles. The minimum atomic E-state index is -5.91. The standard InChI is InChI=1S/C15H13F6NO4/c16-14(17,18)13(15(19,20)21)8-22(6-10(13)11(23)24)12(25)26-7-9-4-2-1-3-5-9/h1-5,10H,6-8H2,(H,23,24). The minimum absolute atomic E-state index is 0.128. The first-order valence-electron chi connectivity index (χ1n) is 7.22. The van der Waals surface area contributed by atoms with Gasteiger partial charge in [0.25, 0.3) is 0 Å². The Balaban J connectivity index is 2.25. The summed E-state index contributed by atoms with van der Waals surface area (Å²) in [5, 5.41) is 8.90. The van der Waals surface area contributed by atoms with Crippen LogP contribution in [0, 0.1) is 11.3 Å². The Bertz CT molecular complexity index is 659. The van der Waals surface area contributed by atoms with Crippen LogP contribution in [-0.4, -0.2) is 47.5 Å². The quantitative estimate of drug-likeness (QED) is 0.810. The number of rotatable bonds is 3. The minimum Gasteiger partial charge on any atom is -0.481 e.